The van der Waals surface area contributed by atoms with Crippen LogP contribution in [0.3, 0.4) is 0 Å². The summed E-state index contributed by atoms with van der Waals surface area (Å²) in [5.74, 6) is 1.02. The molecule has 0 bridgehead atoms. The molecule has 0 spiro atoms. The Hall–Kier alpha value is 0.320. The van der Waals surface area contributed by atoms with Crippen molar-refractivity contribution in [2.45, 2.75) is 10.8 Å². The number of rotatable bonds is 0. The fraction of sp³-hybridized carbons (Fsp3) is 0.667. The molecule has 0 aliphatic heterocycles. The molecule has 2 unspecified atom stereocenters. The lowest BCUT2D eigenvalue weighted by molar-refractivity contribution is 0.847. The smallest absolute Gasteiger partial charge is 0.101 e. The second kappa shape index (κ2) is 1.25. The van der Waals surface area contributed by atoms with Gasteiger partial charge in [-0.05, 0) is 6.42 Å². The van der Waals surface area contributed by atoms with Gasteiger partial charge in [0.1, 0.15) is 4.33 Å². The maximum absolute atomic E-state index is 5.82. The van der Waals surface area contributed by atoms with Crippen molar-refractivity contribution < 1.29 is 0 Å². The summed E-state index contributed by atoms with van der Waals surface area (Å²) in [7, 11) is 0. The number of allylic oxidation sites excluding steroid dienone is 2. The molecule has 0 aromatic carbocycles. The molecule has 8 heavy (non-hydrogen) atoms. The van der Waals surface area contributed by atoms with Crippen LogP contribution < -0.4 is 0 Å². The first-order chi connectivity index (χ1) is 3.73. The highest BCUT2D eigenvalue weighted by Gasteiger charge is 2.62. The number of halogens is 2. The first kappa shape index (κ1) is 5.13. The van der Waals surface area contributed by atoms with Gasteiger partial charge in [0.2, 0.25) is 0 Å². The van der Waals surface area contributed by atoms with E-state index >= 15 is 0 Å². The molecule has 0 aromatic rings. The van der Waals surface area contributed by atoms with E-state index in [0.29, 0.717) is 11.8 Å². The molecule has 0 N–H and O–H groups in total. The fourth-order valence-corrected chi connectivity index (χ4v) is 2.13. The Morgan fingerprint density at radius 1 is 1.50 bits per heavy atom. The van der Waals surface area contributed by atoms with Crippen LogP contribution in [0, 0.1) is 11.8 Å². The van der Waals surface area contributed by atoms with Gasteiger partial charge in [-0.2, -0.15) is 0 Å². The average molecular weight is 149 g/mol. The van der Waals surface area contributed by atoms with Gasteiger partial charge in [0.05, 0.1) is 0 Å². The van der Waals surface area contributed by atoms with Crippen LogP contribution in [0.1, 0.15) is 6.42 Å². The van der Waals surface area contributed by atoms with Crippen molar-refractivity contribution in [3.05, 3.63) is 12.2 Å². The SMILES string of the molecule is ClC1(Cl)C2C=CCC21. The first-order valence-corrected chi connectivity index (χ1v) is 3.53. The first-order valence-electron chi connectivity index (χ1n) is 2.77. The van der Waals surface area contributed by atoms with E-state index in [0.717, 1.165) is 6.42 Å². The van der Waals surface area contributed by atoms with E-state index in [9.17, 15) is 0 Å². The molecule has 0 saturated heterocycles. The second-order valence-electron chi connectivity index (χ2n) is 2.47. The van der Waals surface area contributed by atoms with E-state index < -0.39 is 0 Å². The highest BCUT2D eigenvalue weighted by Crippen LogP contribution is 2.64. The quantitative estimate of drug-likeness (QED) is 0.366. The Balaban J connectivity index is 2.24. The summed E-state index contributed by atoms with van der Waals surface area (Å²) in [6, 6.07) is 0. The van der Waals surface area contributed by atoms with Crippen molar-refractivity contribution in [1.82, 2.24) is 0 Å². The molecule has 0 amide bonds. The maximum atomic E-state index is 5.82. The zero-order valence-corrected chi connectivity index (χ0v) is 5.78. The maximum Gasteiger partial charge on any atom is 0.128 e. The normalized spacial score (nSPS) is 46.8. The minimum Gasteiger partial charge on any atom is -0.101 e. The molecular weight excluding hydrogens is 143 g/mol. The predicted molar refractivity (Wildman–Crippen MR) is 35.2 cm³/mol. The largest absolute Gasteiger partial charge is 0.128 e. The van der Waals surface area contributed by atoms with Crippen LogP contribution in [-0.4, -0.2) is 4.33 Å². The minimum absolute atomic E-state index is 0.380. The van der Waals surface area contributed by atoms with E-state index in [1.165, 1.54) is 0 Å². The van der Waals surface area contributed by atoms with E-state index in [-0.39, 0.29) is 4.33 Å². The Morgan fingerprint density at radius 2 is 2.25 bits per heavy atom. The number of alkyl halides is 2. The summed E-state index contributed by atoms with van der Waals surface area (Å²) >= 11 is 11.6. The number of fused-ring (bicyclic) bond motifs is 1. The van der Waals surface area contributed by atoms with Gasteiger partial charge in [-0.1, -0.05) is 12.2 Å². The summed E-state index contributed by atoms with van der Waals surface area (Å²) < 4.78 is -0.380. The molecule has 0 heterocycles. The van der Waals surface area contributed by atoms with Crippen molar-refractivity contribution in [1.29, 1.82) is 0 Å². The van der Waals surface area contributed by atoms with E-state index in [1.807, 2.05) is 0 Å². The van der Waals surface area contributed by atoms with Crippen molar-refractivity contribution in [2.75, 3.05) is 0 Å². The Labute approximate surface area is 58.5 Å². The van der Waals surface area contributed by atoms with Gasteiger partial charge in [-0.3, -0.25) is 0 Å². The second-order valence-corrected chi connectivity index (χ2v) is 3.91. The highest BCUT2D eigenvalue weighted by molar-refractivity contribution is 6.51. The molecule has 2 aliphatic carbocycles. The van der Waals surface area contributed by atoms with E-state index in [2.05, 4.69) is 12.2 Å². The predicted octanol–water partition coefficient (Wildman–Crippen LogP) is 2.37. The topological polar surface area (TPSA) is 0 Å². The van der Waals surface area contributed by atoms with Crippen LogP contribution in [0.2, 0.25) is 0 Å². The molecule has 0 nitrogen and oxygen atoms in total. The Morgan fingerprint density at radius 3 is 2.50 bits per heavy atom. The van der Waals surface area contributed by atoms with Gasteiger partial charge in [0, 0.05) is 11.8 Å². The van der Waals surface area contributed by atoms with Crippen LogP contribution >= 0.6 is 23.2 Å². The lowest BCUT2D eigenvalue weighted by Gasteiger charge is -1.94. The van der Waals surface area contributed by atoms with Crippen molar-refractivity contribution >= 4 is 23.2 Å². The highest BCUT2D eigenvalue weighted by atomic mass is 35.5. The third-order valence-electron chi connectivity index (χ3n) is 2.00. The van der Waals surface area contributed by atoms with Gasteiger partial charge in [-0.15, -0.1) is 23.2 Å². The third kappa shape index (κ3) is 0.433. The molecule has 1 saturated carbocycles. The summed E-state index contributed by atoms with van der Waals surface area (Å²) in [6.45, 7) is 0. The minimum atomic E-state index is -0.380. The Kier molecular flexibility index (Phi) is 0.799. The molecule has 2 aliphatic rings. The van der Waals surface area contributed by atoms with Gasteiger partial charge in [-0.25, -0.2) is 0 Å². The van der Waals surface area contributed by atoms with E-state index in [4.69, 9.17) is 23.2 Å². The van der Waals surface area contributed by atoms with Crippen LogP contribution in [-0.2, 0) is 0 Å². The summed E-state index contributed by atoms with van der Waals surface area (Å²) in [6.07, 6.45) is 5.35. The standard InChI is InChI=1S/C6H6Cl2/c7-6(8)4-2-1-3-5(4)6/h1-2,4-5H,3H2. The third-order valence-corrected chi connectivity index (χ3v) is 3.06. The van der Waals surface area contributed by atoms with Gasteiger partial charge >= 0.3 is 0 Å². The monoisotopic (exact) mass is 148 g/mol. The summed E-state index contributed by atoms with van der Waals surface area (Å²) in [5.41, 5.74) is 0. The van der Waals surface area contributed by atoms with Crippen LogP contribution in [0.4, 0.5) is 0 Å². The van der Waals surface area contributed by atoms with Gasteiger partial charge in [0.15, 0.2) is 0 Å². The molecular formula is C6H6Cl2. The fourth-order valence-electron chi connectivity index (χ4n) is 1.35. The summed E-state index contributed by atoms with van der Waals surface area (Å²) in [5, 5.41) is 0. The lowest BCUT2D eigenvalue weighted by atomic mass is 10.3. The molecule has 2 atom stereocenters. The zero-order chi connectivity index (χ0) is 5.78. The molecule has 44 valence electrons. The lowest BCUT2D eigenvalue weighted by Crippen LogP contribution is -1.90. The van der Waals surface area contributed by atoms with E-state index in [1.54, 1.807) is 0 Å². The number of hydrogen-bond acceptors (Lipinski definition) is 0. The van der Waals surface area contributed by atoms with Crippen molar-refractivity contribution in [2.24, 2.45) is 11.8 Å². The van der Waals surface area contributed by atoms with Crippen molar-refractivity contribution in [3.8, 4) is 0 Å². The molecule has 2 rings (SSSR count). The zero-order valence-electron chi connectivity index (χ0n) is 4.27. The van der Waals surface area contributed by atoms with Crippen LogP contribution in [0.15, 0.2) is 12.2 Å². The van der Waals surface area contributed by atoms with Crippen molar-refractivity contribution in [3.63, 3.8) is 0 Å². The van der Waals surface area contributed by atoms with Crippen LogP contribution in [0.25, 0.3) is 0 Å². The number of hydrogen-bond donors (Lipinski definition) is 0. The molecule has 0 aromatic heterocycles. The molecule has 0 radical (unpaired) electrons. The van der Waals surface area contributed by atoms with Gasteiger partial charge in [0.25, 0.3) is 0 Å². The molecule has 2 heteroatoms. The Bertz CT molecular complexity index is 149. The molecule has 1 fully saturated rings. The average Bonchev–Trinajstić information content (AvgIpc) is 2.22. The summed E-state index contributed by atoms with van der Waals surface area (Å²) in [4.78, 5) is 0. The van der Waals surface area contributed by atoms with Gasteiger partial charge < -0.3 is 0 Å². The van der Waals surface area contributed by atoms with Crippen LogP contribution in [0.5, 0.6) is 0 Å².